The number of benzene rings is 1. The van der Waals surface area contributed by atoms with E-state index in [2.05, 4.69) is 15.3 Å². The quantitative estimate of drug-likeness (QED) is 0.574. The maximum Gasteiger partial charge on any atom is 0.291 e. The molecule has 1 atom stereocenters. The van der Waals surface area contributed by atoms with Gasteiger partial charge in [-0.25, -0.2) is 18.4 Å². The van der Waals surface area contributed by atoms with Crippen LogP contribution in [0, 0.1) is 6.92 Å². The molecular formula is C23H28N6O5S. The lowest BCUT2D eigenvalue weighted by atomic mass is 10.0. The van der Waals surface area contributed by atoms with Crippen molar-refractivity contribution in [3.8, 4) is 0 Å². The summed E-state index contributed by atoms with van der Waals surface area (Å²) < 4.78 is 35.5. The Hall–Kier alpha value is -3.51. The molecular weight excluding hydrogens is 472 g/mol. The second-order valence-corrected chi connectivity index (χ2v) is 10.2. The van der Waals surface area contributed by atoms with Gasteiger partial charge in [0.05, 0.1) is 18.1 Å². The smallest absolute Gasteiger partial charge is 0.291 e. The van der Waals surface area contributed by atoms with Crippen LogP contribution in [0.4, 0.5) is 0 Å². The lowest BCUT2D eigenvalue weighted by Gasteiger charge is -2.30. The van der Waals surface area contributed by atoms with Crippen LogP contribution in [0.15, 0.2) is 58.7 Å². The molecule has 3 aromatic rings. The number of oxazole rings is 1. The molecule has 11 nitrogen and oxygen atoms in total. The molecule has 186 valence electrons. The summed E-state index contributed by atoms with van der Waals surface area (Å²) in [6, 6.07) is 8.33. The van der Waals surface area contributed by atoms with Crippen LogP contribution in [0.2, 0.25) is 0 Å². The van der Waals surface area contributed by atoms with Gasteiger partial charge in [-0.15, -0.1) is 0 Å². The van der Waals surface area contributed by atoms with Crippen molar-refractivity contribution in [2.24, 2.45) is 7.05 Å². The molecule has 35 heavy (non-hydrogen) atoms. The molecule has 2 amide bonds. The molecule has 0 aliphatic carbocycles. The van der Waals surface area contributed by atoms with Crippen LogP contribution in [0.5, 0.6) is 0 Å². The predicted octanol–water partition coefficient (Wildman–Crippen LogP) is 1.50. The molecule has 1 aromatic carbocycles. The number of imidazole rings is 1. The van der Waals surface area contributed by atoms with E-state index in [1.54, 1.807) is 35.6 Å². The molecule has 4 rings (SSSR count). The fourth-order valence-corrected chi connectivity index (χ4v) is 5.73. The minimum Gasteiger partial charge on any atom is -0.438 e. The fourth-order valence-electron chi connectivity index (χ4n) is 4.11. The van der Waals surface area contributed by atoms with Crippen LogP contribution in [0.25, 0.3) is 0 Å². The molecule has 1 saturated heterocycles. The molecule has 1 aliphatic rings. The van der Waals surface area contributed by atoms with E-state index in [0.29, 0.717) is 17.7 Å². The number of aromatic nitrogens is 3. The third kappa shape index (κ3) is 5.43. The molecule has 0 spiro atoms. The monoisotopic (exact) mass is 500 g/mol. The number of carbonyl (C=O) groups is 2. The first-order valence-electron chi connectivity index (χ1n) is 11.3. The van der Waals surface area contributed by atoms with Crippen LogP contribution in [-0.2, 0) is 21.9 Å². The predicted molar refractivity (Wildman–Crippen MR) is 126 cm³/mol. The standard InChI is InChI=1S/C23H28N6O5S/c1-17-22(34-16-26-17)23(31)28-10-6-11-29(35(32,33)21-14-27(2)15-25-21)19(13-20(30)24-9-12-28)18-7-4-3-5-8-18/h3-5,7-8,14-16,19H,6,9-13H2,1-2H3,(H,24,30). The molecule has 0 bridgehead atoms. The summed E-state index contributed by atoms with van der Waals surface area (Å²) in [6.45, 7) is 2.52. The Kier molecular flexibility index (Phi) is 7.31. The van der Waals surface area contributed by atoms with Crippen LogP contribution in [-0.4, -0.2) is 70.2 Å². The largest absolute Gasteiger partial charge is 0.438 e. The maximum atomic E-state index is 13.7. The van der Waals surface area contributed by atoms with Crippen molar-refractivity contribution in [1.29, 1.82) is 0 Å². The number of aryl methyl sites for hydroxylation is 2. The first-order chi connectivity index (χ1) is 16.8. The average Bonchev–Trinajstić information content (AvgIpc) is 3.47. The SMILES string of the molecule is Cc1ncoc1C(=O)N1CCCN(S(=O)(=O)c2cn(C)cn2)C(c2ccccc2)CC(=O)NCC1. The lowest BCUT2D eigenvalue weighted by molar-refractivity contribution is -0.122. The van der Waals surface area contributed by atoms with E-state index < -0.39 is 16.1 Å². The highest BCUT2D eigenvalue weighted by atomic mass is 32.2. The van der Waals surface area contributed by atoms with Gasteiger partial charge in [0.2, 0.25) is 11.7 Å². The van der Waals surface area contributed by atoms with E-state index in [1.165, 1.54) is 23.2 Å². The van der Waals surface area contributed by atoms with Gasteiger partial charge >= 0.3 is 0 Å². The number of sulfonamides is 1. The van der Waals surface area contributed by atoms with Crippen molar-refractivity contribution < 1.29 is 22.4 Å². The first kappa shape index (κ1) is 24.6. The first-order valence-corrected chi connectivity index (χ1v) is 12.7. The highest BCUT2D eigenvalue weighted by molar-refractivity contribution is 7.89. The van der Waals surface area contributed by atoms with Gasteiger partial charge in [0.15, 0.2) is 11.4 Å². The minimum absolute atomic E-state index is 0.0643. The normalized spacial score (nSPS) is 18.6. The minimum atomic E-state index is -4.04. The fraction of sp³-hybridized carbons (Fsp3) is 0.391. The number of hydrogen-bond acceptors (Lipinski definition) is 7. The van der Waals surface area contributed by atoms with Gasteiger partial charge < -0.3 is 19.2 Å². The van der Waals surface area contributed by atoms with Crippen molar-refractivity contribution in [3.63, 3.8) is 0 Å². The number of amides is 2. The lowest BCUT2D eigenvalue weighted by Crippen LogP contribution is -2.39. The highest BCUT2D eigenvalue weighted by Gasteiger charge is 2.36. The van der Waals surface area contributed by atoms with E-state index in [0.717, 1.165) is 0 Å². The van der Waals surface area contributed by atoms with E-state index in [4.69, 9.17) is 4.42 Å². The molecule has 12 heteroatoms. The Labute approximate surface area is 203 Å². The number of carbonyl (C=O) groups excluding carboxylic acids is 2. The average molecular weight is 501 g/mol. The molecule has 1 unspecified atom stereocenters. The van der Waals surface area contributed by atoms with E-state index >= 15 is 0 Å². The second-order valence-electron chi connectivity index (χ2n) is 8.39. The van der Waals surface area contributed by atoms with E-state index in [1.807, 2.05) is 18.2 Å². The zero-order valence-electron chi connectivity index (χ0n) is 19.6. The van der Waals surface area contributed by atoms with Crippen LogP contribution in [0.3, 0.4) is 0 Å². The van der Waals surface area contributed by atoms with Gasteiger partial charge in [0.1, 0.15) is 0 Å². The zero-order valence-corrected chi connectivity index (χ0v) is 20.4. The summed E-state index contributed by atoms with van der Waals surface area (Å²) >= 11 is 0. The van der Waals surface area contributed by atoms with Crippen LogP contribution >= 0.6 is 0 Å². The van der Waals surface area contributed by atoms with Gasteiger partial charge in [-0.05, 0) is 18.9 Å². The van der Waals surface area contributed by atoms with Crippen LogP contribution < -0.4 is 5.32 Å². The van der Waals surface area contributed by atoms with Crippen LogP contribution in [0.1, 0.15) is 40.7 Å². The summed E-state index contributed by atoms with van der Waals surface area (Å²) in [5, 5.41) is 2.72. The topological polar surface area (TPSA) is 131 Å². The van der Waals surface area contributed by atoms with Crippen molar-refractivity contribution in [3.05, 3.63) is 66.3 Å². The van der Waals surface area contributed by atoms with E-state index in [-0.39, 0.29) is 55.2 Å². The van der Waals surface area contributed by atoms with Gasteiger partial charge in [-0.2, -0.15) is 4.31 Å². The third-order valence-electron chi connectivity index (χ3n) is 5.90. The molecule has 1 fully saturated rings. The summed E-state index contributed by atoms with van der Waals surface area (Å²) in [7, 11) is -2.35. The maximum absolute atomic E-state index is 13.7. The molecule has 1 N–H and O–H groups in total. The number of rotatable bonds is 4. The number of hydrogen-bond donors (Lipinski definition) is 1. The van der Waals surface area contributed by atoms with Gasteiger partial charge in [-0.3, -0.25) is 9.59 Å². The Morgan fingerprint density at radius 3 is 2.57 bits per heavy atom. The second kappa shape index (κ2) is 10.4. The van der Waals surface area contributed by atoms with Gasteiger partial charge in [0.25, 0.3) is 15.9 Å². The summed E-state index contributed by atoms with van der Waals surface area (Å²) in [5.74, 6) is -0.538. The Morgan fingerprint density at radius 2 is 1.91 bits per heavy atom. The molecule has 1 aliphatic heterocycles. The van der Waals surface area contributed by atoms with E-state index in [9.17, 15) is 18.0 Å². The summed E-state index contributed by atoms with van der Waals surface area (Å²) in [5.41, 5.74) is 1.17. The molecule has 2 aromatic heterocycles. The number of nitrogens with zero attached hydrogens (tertiary/aromatic N) is 5. The van der Waals surface area contributed by atoms with Crippen molar-refractivity contribution in [2.75, 3.05) is 26.2 Å². The highest BCUT2D eigenvalue weighted by Crippen LogP contribution is 2.30. The van der Waals surface area contributed by atoms with Crippen molar-refractivity contribution >= 4 is 21.8 Å². The summed E-state index contributed by atoms with van der Waals surface area (Å²) in [6.07, 6.45) is 4.35. The van der Waals surface area contributed by atoms with Crippen molar-refractivity contribution in [1.82, 2.24) is 29.1 Å². The molecule has 0 radical (unpaired) electrons. The third-order valence-corrected chi connectivity index (χ3v) is 7.70. The Morgan fingerprint density at radius 1 is 1.14 bits per heavy atom. The Bertz CT molecular complexity index is 1290. The molecule has 3 heterocycles. The zero-order chi connectivity index (χ0) is 25.0. The summed E-state index contributed by atoms with van der Waals surface area (Å²) in [4.78, 5) is 35.5. The van der Waals surface area contributed by atoms with Crippen molar-refractivity contribution in [2.45, 2.75) is 30.8 Å². The molecule has 0 saturated carbocycles. The van der Waals surface area contributed by atoms with Gasteiger partial charge in [-0.1, -0.05) is 30.3 Å². The number of nitrogens with one attached hydrogen (secondary N) is 1. The van der Waals surface area contributed by atoms with Gasteiger partial charge in [0, 0.05) is 45.8 Å². The Balaban J connectivity index is 1.68.